The van der Waals surface area contributed by atoms with Crippen molar-refractivity contribution in [3.63, 3.8) is 0 Å². The summed E-state index contributed by atoms with van der Waals surface area (Å²) in [5, 5.41) is 0. The van der Waals surface area contributed by atoms with E-state index in [0.717, 1.165) is 31.9 Å². The maximum absolute atomic E-state index is 12.1. The van der Waals surface area contributed by atoms with E-state index in [1.54, 1.807) is 24.3 Å². The monoisotopic (exact) mass is 297 g/mol. The van der Waals surface area contributed by atoms with Crippen LogP contribution in [0.4, 0.5) is 0 Å². The molecule has 2 rings (SSSR count). The maximum Gasteiger partial charge on any atom is 0.267 e. The van der Waals surface area contributed by atoms with Gasteiger partial charge in [0.1, 0.15) is 0 Å². The average molecular weight is 297 g/mol. The minimum atomic E-state index is -3.59. The first-order valence-electron chi connectivity index (χ1n) is 6.68. The Kier molecular flexibility index (Phi) is 4.77. The molecule has 0 aliphatic heterocycles. The number of benzene rings is 1. The average Bonchev–Trinajstić information content (AvgIpc) is 2.87. The molecule has 0 radical (unpaired) electrons. The first kappa shape index (κ1) is 15.0. The van der Waals surface area contributed by atoms with Crippen molar-refractivity contribution in [2.24, 2.45) is 0 Å². The molecule has 1 aliphatic rings. The maximum atomic E-state index is 12.1. The molecule has 0 heterocycles. The van der Waals surface area contributed by atoms with Gasteiger partial charge in [-0.1, -0.05) is 43.2 Å². The van der Waals surface area contributed by atoms with E-state index in [0.29, 0.717) is 5.56 Å². The Morgan fingerprint density at radius 3 is 2.40 bits per heavy atom. The number of nitrogens with one attached hydrogen (secondary N) is 1. The Morgan fingerprint density at radius 1 is 1.25 bits per heavy atom. The van der Waals surface area contributed by atoms with Crippen molar-refractivity contribution in [1.82, 2.24) is 4.72 Å². The van der Waals surface area contributed by atoms with Crippen LogP contribution in [0.1, 0.15) is 37.4 Å². The predicted molar refractivity (Wildman–Crippen MR) is 75.5 cm³/mol. The second-order valence-corrected chi connectivity index (χ2v) is 6.82. The number of carbonyl (C=O) groups excluding carboxylic acids is 1. The van der Waals surface area contributed by atoms with E-state index >= 15 is 0 Å². The van der Waals surface area contributed by atoms with E-state index in [2.05, 4.69) is 0 Å². The SMILES string of the molecule is CS(=O)(=O)NC(=O)C(OC1CCCC1)c1ccccc1. The molecule has 1 aromatic rings. The highest BCUT2D eigenvalue weighted by atomic mass is 32.2. The largest absolute Gasteiger partial charge is 0.360 e. The van der Waals surface area contributed by atoms with Gasteiger partial charge in [-0.3, -0.25) is 9.52 Å². The van der Waals surface area contributed by atoms with Crippen molar-refractivity contribution in [2.75, 3.05) is 6.26 Å². The van der Waals surface area contributed by atoms with E-state index in [9.17, 15) is 13.2 Å². The quantitative estimate of drug-likeness (QED) is 0.899. The van der Waals surface area contributed by atoms with Crippen molar-refractivity contribution in [2.45, 2.75) is 37.9 Å². The van der Waals surface area contributed by atoms with E-state index in [4.69, 9.17) is 4.74 Å². The molecule has 110 valence electrons. The second-order valence-electron chi connectivity index (χ2n) is 5.07. The van der Waals surface area contributed by atoms with Gasteiger partial charge in [0.25, 0.3) is 5.91 Å². The molecular formula is C14H19NO4S. The molecule has 0 aromatic heterocycles. The van der Waals surface area contributed by atoms with Gasteiger partial charge in [0, 0.05) is 0 Å². The summed E-state index contributed by atoms with van der Waals surface area (Å²) in [4.78, 5) is 12.1. The van der Waals surface area contributed by atoms with Crippen molar-refractivity contribution < 1.29 is 17.9 Å². The normalized spacial score (nSPS) is 17.9. The van der Waals surface area contributed by atoms with Gasteiger partial charge >= 0.3 is 0 Å². The van der Waals surface area contributed by atoms with Gasteiger partial charge in [-0.2, -0.15) is 0 Å². The van der Waals surface area contributed by atoms with Gasteiger partial charge in [0.2, 0.25) is 10.0 Å². The summed E-state index contributed by atoms with van der Waals surface area (Å²) in [6.45, 7) is 0. The number of hydrogen-bond acceptors (Lipinski definition) is 4. The number of rotatable bonds is 5. The van der Waals surface area contributed by atoms with E-state index in [1.807, 2.05) is 10.8 Å². The summed E-state index contributed by atoms with van der Waals surface area (Å²) in [7, 11) is -3.59. The summed E-state index contributed by atoms with van der Waals surface area (Å²) in [6.07, 6.45) is 4.09. The Bertz CT molecular complexity index is 550. The van der Waals surface area contributed by atoms with Crippen molar-refractivity contribution >= 4 is 15.9 Å². The number of hydrogen-bond donors (Lipinski definition) is 1. The molecule has 1 aromatic carbocycles. The number of sulfonamides is 1. The summed E-state index contributed by atoms with van der Waals surface area (Å²) < 4.78 is 30.3. The topological polar surface area (TPSA) is 72.5 Å². The van der Waals surface area contributed by atoms with Gasteiger partial charge in [-0.05, 0) is 18.4 Å². The van der Waals surface area contributed by atoms with Gasteiger partial charge in [-0.15, -0.1) is 0 Å². The molecule has 1 amide bonds. The zero-order valence-corrected chi connectivity index (χ0v) is 12.2. The fraction of sp³-hybridized carbons (Fsp3) is 0.500. The van der Waals surface area contributed by atoms with Crippen LogP contribution in [0.2, 0.25) is 0 Å². The van der Waals surface area contributed by atoms with Crippen molar-refractivity contribution in [1.29, 1.82) is 0 Å². The second kappa shape index (κ2) is 6.37. The molecule has 0 bridgehead atoms. The standard InChI is InChI=1S/C14H19NO4S/c1-20(17,18)15-14(16)13(11-7-3-2-4-8-11)19-12-9-5-6-10-12/h2-4,7-8,12-13H,5-6,9-10H2,1H3,(H,15,16). The summed E-state index contributed by atoms with van der Waals surface area (Å²) >= 11 is 0. The highest BCUT2D eigenvalue weighted by Crippen LogP contribution is 2.28. The Hall–Kier alpha value is -1.40. The van der Waals surface area contributed by atoms with E-state index in [-0.39, 0.29) is 6.10 Å². The molecule has 1 N–H and O–H groups in total. The molecular weight excluding hydrogens is 278 g/mol. The van der Waals surface area contributed by atoms with Gasteiger partial charge < -0.3 is 4.74 Å². The van der Waals surface area contributed by atoms with E-state index < -0.39 is 22.0 Å². The highest BCUT2D eigenvalue weighted by Gasteiger charge is 2.28. The van der Waals surface area contributed by atoms with Crippen LogP contribution in [0.15, 0.2) is 30.3 Å². The third-order valence-electron chi connectivity index (χ3n) is 3.26. The molecule has 1 aliphatic carbocycles. The van der Waals surface area contributed by atoms with Crippen LogP contribution in [-0.2, 0) is 19.6 Å². The first-order valence-corrected chi connectivity index (χ1v) is 8.57. The Labute approximate surface area is 119 Å². The fourth-order valence-electron chi connectivity index (χ4n) is 2.37. The van der Waals surface area contributed by atoms with Crippen LogP contribution in [0.3, 0.4) is 0 Å². The summed E-state index contributed by atoms with van der Waals surface area (Å²) in [5.41, 5.74) is 0.667. The zero-order chi connectivity index (χ0) is 14.6. The molecule has 0 spiro atoms. The zero-order valence-electron chi connectivity index (χ0n) is 11.4. The van der Waals surface area contributed by atoms with Crippen LogP contribution in [0.25, 0.3) is 0 Å². The molecule has 5 nitrogen and oxygen atoms in total. The van der Waals surface area contributed by atoms with Crippen LogP contribution in [0.5, 0.6) is 0 Å². The lowest BCUT2D eigenvalue weighted by Crippen LogP contribution is -2.36. The highest BCUT2D eigenvalue weighted by molar-refractivity contribution is 7.89. The van der Waals surface area contributed by atoms with Crippen LogP contribution in [0, 0.1) is 0 Å². The molecule has 1 saturated carbocycles. The van der Waals surface area contributed by atoms with Gasteiger partial charge in [0.05, 0.1) is 12.4 Å². The Morgan fingerprint density at radius 2 is 1.85 bits per heavy atom. The smallest absolute Gasteiger partial charge is 0.267 e. The van der Waals surface area contributed by atoms with Crippen molar-refractivity contribution in [3.05, 3.63) is 35.9 Å². The van der Waals surface area contributed by atoms with Crippen molar-refractivity contribution in [3.8, 4) is 0 Å². The van der Waals surface area contributed by atoms with Gasteiger partial charge in [0.15, 0.2) is 6.10 Å². The predicted octanol–water partition coefficient (Wildman–Crippen LogP) is 1.76. The minimum Gasteiger partial charge on any atom is -0.360 e. The third-order valence-corrected chi connectivity index (χ3v) is 3.83. The molecule has 1 fully saturated rings. The summed E-state index contributed by atoms with van der Waals surface area (Å²) in [5.74, 6) is -0.634. The fourth-order valence-corrected chi connectivity index (χ4v) is 2.85. The first-order chi connectivity index (χ1) is 9.46. The summed E-state index contributed by atoms with van der Waals surface area (Å²) in [6, 6.07) is 8.97. The van der Waals surface area contributed by atoms with Crippen LogP contribution < -0.4 is 4.72 Å². The minimum absolute atomic E-state index is 0.0190. The molecule has 0 saturated heterocycles. The van der Waals surface area contributed by atoms with Gasteiger partial charge in [-0.25, -0.2) is 8.42 Å². The Balaban J connectivity index is 2.17. The molecule has 1 unspecified atom stereocenters. The lowest BCUT2D eigenvalue weighted by Gasteiger charge is -2.21. The van der Waals surface area contributed by atoms with E-state index in [1.165, 1.54) is 0 Å². The molecule has 1 atom stereocenters. The lowest BCUT2D eigenvalue weighted by atomic mass is 10.1. The third kappa shape index (κ3) is 4.31. The number of carbonyl (C=O) groups is 1. The number of amides is 1. The molecule has 20 heavy (non-hydrogen) atoms. The lowest BCUT2D eigenvalue weighted by molar-refractivity contribution is -0.135. The molecule has 6 heteroatoms. The van der Waals surface area contributed by atoms with Crippen LogP contribution >= 0.6 is 0 Å². The van der Waals surface area contributed by atoms with Crippen LogP contribution in [-0.4, -0.2) is 26.7 Å². The number of ether oxygens (including phenoxy) is 1.